The lowest BCUT2D eigenvalue weighted by Gasteiger charge is -2.26. The molecule has 1 unspecified atom stereocenters. The third-order valence-electron chi connectivity index (χ3n) is 2.35. The number of hydrogen-bond acceptors (Lipinski definition) is 3. The van der Waals surface area contributed by atoms with Crippen LogP contribution in [0.1, 0.15) is 19.3 Å². The highest BCUT2D eigenvalue weighted by atomic mass is 16.3. The molecule has 0 saturated carbocycles. The molecule has 0 aromatic heterocycles. The van der Waals surface area contributed by atoms with Gasteiger partial charge in [-0.1, -0.05) is 0 Å². The van der Waals surface area contributed by atoms with Gasteiger partial charge in [0.1, 0.15) is 0 Å². The molecule has 11 heavy (non-hydrogen) atoms. The van der Waals surface area contributed by atoms with Gasteiger partial charge in [-0.15, -0.1) is 0 Å². The predicted octanol–water partition coefficient (Wildman–Crippen LogP) is -0.271. The van der Waals surface area contributed by atoms with Crippen molar-refractivity contribution in [2.45, 2.75) is 25.4 Å². The normalized spacial score (nSPS) is 23.5. The van der Waals surface area contributed by atoms with Crippen LogP contribution in [0.15, 0.2) is 0 Å². The number of nitrogens with one attached hydrogen (secondary N) is 1. The minimum Gasteiger partial charge on any atom is -0.396 e. The van der Waals surface area contributed by atoms with Gasteiger partial charge < -0.3 is 15.5 Å². The standard InChI is InChI=1S/C8H17NO2/c10-6-3-8(11)7-1-4-9-5-2-7/h7-11H,1-6H2. The number of hydrogen-bond donors (Lipinski definition) is 3. The first-order chi connectivity index (χ1) is 5.34. The molecule has 0 amide bonds. The van der Waals surface area contributed by atoms with Gasteiger partial charge in [-0.25, -0.2) is 0 Å². The van der Waals surface area contributed by atoms with Crippen LogP contribution in [0.2, 0.25) is 0 Å². The van der Waals surface area contributed by atoms with Crippen LogP contribution in [0.4, 0.5) is 0 Å². The summed E-state index contributed by atoms with van der Waals surface area (Å²) in [5.41, 5.74) is 0. The summed E-state index contributed by atoms with van der Waals surface area (Å²) < 4.78 is 0. The molecule has 66 valence electrons. The van der Waals surface area contributed by atoms with Gasteiger partial charge in [0.15, 0.2) is 0 Å². The maximum absolute atomic E-state index is 9.49. The molecule has 0 aliphatic carbocycles. The molecule has 0 aromatic carbocycles. The highest BCUT2D eigenvalue weighted by Gasteiger charge is 2.20. The van der Waals surface area contributed by atoms with Crippen molar-refractivity contribution < 1.29 is 10.2 Å². The summed E-state index contributed by atoms with van der Waals surface area (Å²) >= 11 is 0. The Bertz CT molecular complexity index is 102. The monoisotopic (exact) mass is 159 g/mol. The zero-order chi connectivity index (χ0) is 8.10. The van der Waals surface area contributed by atoms with Crippen LogP contribution in [-0.2, 0) is 0 Å². The zero-order valence-corrected chi connectivity index (χ0v) is 6.79. The van der Waals surface area contributed by atoms with Crippen LogP contribution < -0.4 is 5.32 Å². The molecular formula is C8H17NO2. The Labute approximate surface area is 67.4 Å². The lowest BCUT2D eigenvalue weighted by molar-refractivity contribution is 0.0640. The van der Waals surface area contributed by atoms with Crippen LogP contribution in [0.3, 0.4) is 0 Å². The topological polar surface area (TPSA) is 52.5 Å². The molecule has 3 heteroatoms. The Kier molecular flexibility index (Phi) is 3.83. The lowest BCUT2D eigenvalue weighted by atomic mass is 9.91. The summed E-state index contributed by atoms with van der Waals surface area (Å²) in [5.74, 6) is 0.406. The van der Waals surface area contributed by atoms with Crippen LogP contribution in [-0.4, -0.2) is 36.0 Å². The summed E-state index contributed by atoms with van der Waals surface area (Å²) in [6, 6.07) is 0. The molecule has 1 saturated heterocycles. The second kappa shape index (κ2) is 4.70. The summed E-state index contributed by atoms with van der Waals surface area (Å²) in [4.78, 5) is 0. The van der Waals surface area contributed by atoms with E-state index in [2.05, 4.69) is 5.32 Å². The van der Waals surface area contributed by atoms with E-state index in [-0.39, 0.29) is 12.7 Å². The zero-order valence-electron chi connectivity index (χ0n) is 6.79. The van der Waals surface area contributed by atoms with Crippen molar-refractivity contribution in [1.29, 1.82) is 0 Å². The minimum atomic E-state index is -0.290. The number of rotatable bonds is 3. The summed E-state index contributed by atoms with van der Waals surface area (Å²) in [7, 11) is 0. The fraction of sp³-hybridized carbons (Fsp3) is 1.00. The van der Waals surface area contributed by atoms with Gasteiger partial charge >= 0.3 is 0 Å². The molecule has 1 aliphatic rings. The maximum Gasteiger partial charge on any atom is 0.0591 e. The van der Waals surface area contributed by atoms with E-state index in [1.165, 1.54) is 0 Å². The summed E-state index contributed by atoms with van der Waals surface area (Å²) in [5, 5.41) is 21.3. The molecule has 1 rings (SSSR count). The predicted molar refractivity (Wildman–Crippen MR) is 43.3 cm³/mol. The van der Waals surface area contributed by atoms with E-state index in [0.29, 0.717) is 12.3 Å². The van der Waals surface area contributed by atoms with E-state index in [1.807, 2.05) is 0 Å². The Morgan fingerprint density at radius 1 is 1.36 bits per heavy atom. The van der Waals surface area contributed by atoms with E-state index in [1.54, 1.807) is 0 Å². The lowest BCUT2D eigenvalue weighted by Crippen LogP contribution is -2.34. The molecule has 0 radical (unpaired) electrons. The van der Waals surface area contributed by atoms with Crippen molar-refractivity contribution in [1.82, 2.24) is 5.32 Å². The molecule has 1 fully saturated rings. The van der Waals surface area contributed by atoms with Crippen LogP contribution >= 0.6 is 0 Å². The van der Waals surface area contributed by atoms with E-state index < -0.39 is 0 Å². The van der Waals surface area contributed by atoms with Crippen LogP contribution in [0.5, 0.6) is 0 Å². The van der Waals surface area contributed by atoms with Crippen molar-refractivity contribution in [3.8, 4) is 0 Å². The van der Waals surface area contributed by atoms with Crippen molar-refractivity contribution >= 4 is 0 Å². The first kappa shape index (κ1) is 8.97. The van der Waals surface area contributed by atoms with Gasteiger partial charge in [0.25, 0.3) is 0 Å². The van der Waals surface area contributed by atoms with E-state index >= 15 is 0 Å². The third kappa shape index (κ3) is 2.77. The number of piperidine rings is 1. The van der Waals surface area contributed by atoms with Gasteiger partial charge in [-0.05, 0) is 38.3 Å². The largest absolute Gasteiger partial charge is 0.396 e. The molecular weight excluding hydrogens is 142 g/mol. The Morgan fingerprint density at radius 3 is 2.55 bits per heavy atom. The summed E-state index contributed by atoms with van der Waals surface area (Å²) in [6.07, 6.45) is 2.33. The maximum atomic E-state index is 9.49. The van der Waals surface area contributed by atoms with Crippen LogP contribution in [0.25, 0.3) is 0 Å². The van der Waals surface area contributed by atoms with Crippen molar-refractivity contribution in [2.75, 3.05) is 19.7 Å². The highest BCUT2D eigenvalue weighted by molar-refractivity contribution is 4.74. The third-order valence-corrected chi connectivity index (χ3v) is 2.35. The molecule has 1 aliphatic heterocycles. The fourth-order valence-corrected chi connectivity index (χ4v) is 1.60. The molecule has 0 aromatic rings. The smallest absolute Gasteiger partial charge is 0.0591 e. The average Bonchev–Trinajstić information content (AvgIpc) is 2.07. The molecule has 3 N–H and O–H groups in total. The molecule has 1 heterocycles. The second-order valence-corrected chi connectivity index (χ2v) is 3.17. The fourth-order valence-electron chi connectivity index (χ4n) is 1.60. The highest BCUT2D eigenvalue weighted by Crippen LogP contribution is 2.17. The summed E-state index contributed by atoms with van der Waals surface area (Å²) in [6.45, 7) is 2.12. The van der Waals surface area contributed by atoms with Gasteiger partial charge in [0.2, 0.25) is 0 Å². The quantitative estimate of drug-likeness (QED) is 0.531. The van der Waals surface area contributed by atoms with Crippen molar-refractivity contribution in [3.63, 3.8) is 0 Å². The number of aliphatic hydroxyl groups is 2. The Balaban J connectivity index is 2.21. The van der Waals surface area contributed by atoms with Gasteiger partial charge in [0, 0.05) is 6.61 Å². The SMILES string of the molecule is OCCC(O)C1CCNCC1. The Hall–Kier alpha value is -0.120. The first-order valence-electron chi connectivity index (χ1n) is 4.34. The molecule has 0 spiro atoms. The van der Waals surface area contributed by atoms with Crippen molar-refractivity contribution in [3.05, 3.63) is 0 Å². The van der Waals surface area contributed by atoms with E-state index in [4.69, 9.17) is 5.11 Å². The number of aliphatic hydroxyl groups excluding tert-OH is 2. The Morgan fingerprint density at radius 2 is 2.00 bits per heavy atom. The molecule has 0 bridgehead atoms. The van der Waals surface area contributed by atoms with Crippen molar-refractivity contribution in [2.24, 2.45) is 5.92 Å². The minimum absolute atomic E-state index is 0.102. The average molecular weight is 159 g/mol. The van der Waals surface area contributed by atoms with E-state index in [9.17, 15) is 5.11 Å². The van der Waals surface area contributed by atoms with Gasteiger partial charge in [0.05, 0.1) is 6.10 Å². The molecule has 3 nitrogen and oxygen atoms in total. The van der Waals surface area contributed by atoms with Crippen LogP contribution in [0, 0.1) is 5.92 Å². The first-order valence-corrected chi connectivity index (χ1v) is 4.34. The van der Waals surface area contributed by atoms with E-state index in [0.717, 1.165) is 25.9 Å². The second-order valence-electron chi connectivity index (χ2n) is 3.17. The molecule has 1 atom stereocenters. The van der Waals surface area contributed by atoms with Gasteiger partial charge in [-0.2, -0.15) is 0 Å². The van der Waals surface area contributed by atoms with Gasteiger partial charge in [-0.3, -0.25) is 0 Å².